The Hall–Kier alpha value is -1.82. The molecule has 2 heterocycles. The van der Waals surface area contributed by atoms with Crippen LogP contribution in [0.1, 0.15) is 18.9 Å². The molecule has 0 saturated carbocycles. The zero-order valence-electron chi connectivity index (χ0n) is 13.8. The summed E-state index contributed by atoms with van der Waals surface area (Å²) < 4.78 is 15.8. The van der Waals surface area contributed by atoms with E-state index < -0.39 is 0 Å². The number of rotatable bonds is 4. The number of nitrogens with zero attached hydrogens (tertiary/aromatic N) is 3. The van der Waals surface area contributed by atoms with Gasteiger partial charge in [-0.05, 0) is 48.0 Å². The smallest absolute Gasteiger partial charge is 0.226 e. The summed E-state index contributed by atoms with van der Waals surface area (Å²) in [5.74, 6) is 0.835. The molecule has 0 bridgehead atoms. The Morgan fingerprint density at radius 1 is 1.25 bits per heavy atom. The Balaban J connectivity index is 1.96. The predicted octanol–water partition coefficient (Wildman–Crippen LogP) is 3.55. The first-order chi connectivity index (χ1) is 12.1. The van der Waals surface area contributed by atoms with Crippen molar-refractivity contribution in [3.8, 4) is 11.6 Å². The van der Waals surface area contributed by atoms with Crippen LogP contribution in [0.25, 0.3) is 16.7 Å². The predicted molar refractivity (Wildman–Crippen MR) is 95.5 cm³/mol. The standard InChI is InChI=1S/C17H16Cl2N4O/c18-15-14(24-8-7-20)16(22-17(19)21-15)23-9-11-5-1-3-10-4-2-6-12(23)13(10)11/h2,4,6,9H,1,3,5,7-8,20H2/i1D. The molecule has 5 nitrogen and oxygen atoms in total. The quantitative estimate of drug-likeness (QED) is 0.568. The maximum Gasteiger partial charge on any atom is 0.226 e. The van der Waals surface area contributed by atoms with Gasteiger partial charge < -0.3 is 10.5 Å². The summed E-state index contributed by atoms with van der Waals surface area (Å²) in [5, 5.41) is 1.37. The number of aromatic nitrogens is 3. The summed E-state index contributed by atoms with van der Waals surface area (Å²) in [5.41, 5.74) is 8.82. The molecule has 4 rings (SSSR count). The summed E-state index contributed by atoms with van der Waals surface area (Å²) in [6.07, 6.45) is 3.29. The van der Waals surface area contributed by atoms with Crippen LogP contribution >= 0.6 is 23.2 Å². The fourth-order valence-electron chi connectivity index (χ4n) is 3.17. The molecule has 2 N–H and O–H groups in total. The second-order valence-corrected chi connectivity index (χ2v) is 6.30. The van der Waals surface area contributed by atoms with E-state index in [-0.39, 0.29) is 16.8 Å². The van der Waals surface area contributed by atoms with Crippen LogP contribution in [-0.2, 0) is 12.8 Å². The van der Waals surface area contributed by atoms with Gasteiger partial charge in [0.2, 0.25) is 5.28 Å². The molecule has 1 aliphatic rings. The van der Waals surface area contributed by atoms with Gasteiger partial charge in [0.15, 0.2) is 16.7 Å². The highest BCUT2D eigenvalue weighted by Gasteiger charge is 2.21. The van der Waals surface area contributed by atoms with Gasteiger partial charge in [0.05, 0.1) is 5.52 Å². The van der Waals surface area contributed by atoms with Crippen molar-refractivity contribution in [1.82, 2.24) is 14.5 Å². The fraction of sp³-hybridized carbons (Fsp3) is 0.294. The van der Waals surface area contributed by atoms with E-state index in [1.165, 1.54) is 10.9 Å². The molecule has 0 aliphatic heterocycles. The maximum atomic E-state index is 8.17. The van der Waals surface area contributed by atoms with Crippen LogP contribution < -0.4 is 10.5 Å². The molecule has 1 aliphatic carbocycles. The Labute approximate surface area is 150 Å². The first-order valence-electron chi connectivity index (χ1n) is 8.26. The Kier molecular flexibility index (Phi) is 3.77. The van der Waals surface area contributed by atoms with Crippen LogP contribution in [0.15, 0.2) is 24.4 Å². The van der Waals surface area contributed by atoms with Crippen molar-refractivity contribution in [2.75, 3.05) is 13.2 Å². The van der Waals surface area contributed by atoms with Crippen molar-refractivity contribution < 1.29 is 6.11 Å². The van der Waals surface area contributed by atoms with Crippen molar-refractivity contribution in [3.05, 3.63) is 46.0 Å². The second-order valence-electron chi connectivity index (χ2n) is 5.61. The summed E-state index contributed by atoms with van der Waals surface area (Å²) in [7, 11) is 0. The lowest BCUT2D eigenvalue weighted by molar-refractivity contribution is 0.324. The van der Waals surface area contributed by atoms with E-state index in [1.807, 2.05) is 22.9 Å². The van der Waals surface area contributed by atoms with E-state index in [9.17, 15) is 0 Å². The van der Waals surface area contributed by atoms with Gasteiger partial charge in [0.1, 0.15) is 6.61 Å². The van der Waals surface area contributed by atoms with Crippen LogP contribution in [0.4, 0.5) is 0 Å². The molecule has 1 unspecified atom stereocenters. The number of benzene rings is 1. The first kappa shape index (κ1) is 14.5. The van der Waals surface area contributed by atoms with Crippen molar-refractivity contribution in [2.45, 2.75) is 19.2 Å². The van der Waals surface area contributed by atoms with E-state index in [2.05, 4.69) is 16.0 Å². The Morgan fingerprint density at radius 3 is 2.92 bits per heavy atom. The molecule has 0 amide bonds. The van der Waals surface area contributed by atoms with Gasteiger partial charge >= 0.3 is 0 Å². The van der Waals surface area contributed by atoms with Crippen molar-refractivity contribution in [1.29, 1.82) is 0 Å². The largest absolute Gasteiger partial charge is 0.485 e. The zero-order chi connectivity index (χ0) is 17.6. The lowest BCUT2D eigenvalue weighted by Crippen LogP contribution is -2.13. The molecule has 0 radical (unpaired) electrons. The Bertz CT molecular complexity index is 959. The normalized spacial score (nSPS) is 17.1. The SMILES string of the molecule is [2H]C1Cc2cccc3c2c(cn3-c2nc(Cl)nc(Cl)c2OCCN)C1. The minimum absolute atomic E-state index is 0.0490. The molecular weight excluding hydrogens is 347 g/mol. The van der Waals surface area contributed by atoms with Gasteiger partial charge in [0, 0.05) is 19.5 Å². The van der Waals surface area contributed by atoms with Crippen LogP contribution in [0.2, 0.25) is 10.4 Å². The molecule has 7 heteroatoms. The molecule has 1 aromatic carbocycles. The third-order valence-corrected chi connectivity index (χ3v) is 4.52. The summed E-state index contributed by atoms with van der Waals surface area (Å²) in [4.78, 5) is 8.32. The third-order valence-electron chi connectivity index (χ3n) is 4.09. The molecule has 0 spiro atoms. The third kappa shape index (κ3) is 2.53. The highest BCUT2D eigenvalue weighted by Crippen LogP contribution is 2.37. The number of hydrogen-bond acceptors (Lipinski definition) is 4. The molecule has 0 saturated heterocycles. The first-order valence-corrected chi connectivity index (χ1v) is 8.44. The number of hydrogen-bond donors (Lipinski definition) is 1. The van der Waals surface area contributed by atoms with Gasteiger partial charge in [-0.1, -0.05) is 23.7 Å². The van der Waals surface area contributed by atoms with E-state index in [4.69, 9.17) is 35.0 Å². The van der Waals surface area contributed by atoms with Crippen molar-refractivity contribution in [3.63, 3.8) is 0 Å². The average Bonchev–Trinajstić information content (AvgIpc) is 2.93. The van der Waals surface area contributed by atoms with E-state index in [1.54, 1.807) is 0 Å². The minimum atomic E-state index is -0.139. The van der Waals surface area contributed by atoms with Gasteiger partial charge in [0.25, 0.3) is 0 Å². The number of nitrogens with two attached hydrogens (primary N) is 1. The molecule has 2 aromatic heterocycles. The number of aryl methyl sites for hydroxylation is 2. The lowest BCUT2D eigenvalue weighted by Gasteiger charge is -2.13. The highest BCUT2D eigenvalue weighted by atomic mass is 35.5. The topological polar surface area (TPSA) is 66.0 Å². The van der Waals surface area contributed by atoms with E-state index >= 15 is 0 Å². The number of ether oxygens (including phenoxy) is 1. The molecule has 3 aromatic rings. The molecule has 24 heavy (non-hydrogen) atoms. The van der Waals surface area contributed by atoms with E-state index in [0.29, 0.717) is 31.1 Å². The lowest BCUT2D eigenvalue weighted by atomic mass is 9.93. The second kappa shape index (κ2) is 6.24. The average molecular weight is 364 g/mol. The summed E-state index contributed by atoms with van der Waals surface area (Å²) in [6, 6.07) is 6.08. The van der Waals surface area contributed by atoms with Gasteiger partial charge in [-0.2, -0.15) is 4.98 Å². The maximum absolute atomic E-state index is 8.17. The monoisotopic (exact) mass is 363 g/mol. The van der Waals surface area contributed by atoms with Crippen LogP contribution in [-0.4, -0.2) is 27.7 Å². The Morgan fingerprint density at radius 2 is 2.08 bits per heavy atom. The van der Waals surface area contributed by atoms with Crippen molar-refractivity contribution >= 4 is 34.1 Å². The van der Waals surface area contributed by atoms with Crippen LogP contribution in [0, 0.1) is 0 Å². The van der Waals surface area contributed by atoms with Gasteiger partial charge in [-0.3, -0.25) is 4.57 Å². The summed E-state index contributed by atoms with van der Waals surface area (Å²) in [6.45, 7) is 0.643. The van der Waals surface area contributed by atoms with Crippen LogP contribution in [0.5, 0.6) is 5.75 Å². The minimum Gasteiger partial charge on any atom is -0.485 e. The van der Waals surface area contributed by atoms with E-state index in [0.717, 1.165) is 17.5 Å². The van der Waals surface area contributed by atoms with Gasteiger partial charge in [-0.15, -0.1) is 0 Å². The summed E-state index contributed by atoms with van der Waals surface area (Å²) >= 11 is 12.3. The molecule has 0 fully saturated rings. The van der Waals surface area contributed by atoms with Gasteiger partial charge in [-0.25, -0.2) is 4.98 Å². The zero-order valence-corrected chi connectivity index (χ0v) is 14.3. The molecule has 124 valence electrons. The number of halogens is 2. The molecule has 1 atom stereocenters. The van der Waals surface area contributed by atoms with Crippen molar-refractivity contribution in [2.24, 2.45) is 5.73 Å². The fourth-order valence-corrected chi connectivity index (χ4v) is 3.59. The molecular formula is C17H16Cl2N4O. The van der Waals surface area contributed by atoms with Crippen LogP contribution in [0.3, 0.4) is 0 Å². The highest BCUT2D eigenvalue weighted by molar-refractivity contribution is 6.33.